The molecule has 146 valence electrons. The summed E-state index contributed by atoms with van der Waals surface area (Å²) in [7, 11) is 3.33. The van der Waals surface area contributed by atoms with Gasteiger partial charge in [-0.2, -0.15) is 0 Å². The van der Waals surface area contributed by atoms with Gasteiger partial charge in [0.05, 0.1) is 9.81 Å². The van der Waals surface area contributed by atoms with Gasteiger partial charge < -0.3 is 4.90 Å². The van der Waals surface area contributed by atoms with Crippen LogP contribution in [0.2, 0.25) is 0 Å². The Kier molecular flexibility index (Phi) is 6.98. The Hall–Kier alpha value is -1.53. The summed E-state index contributed by atoms with van der Waals surface area (Å²) in [6.07, 6.45) is 4.81. The van der Waals surface area contributed by atoms with E-state index in [2.05, 4.69) is 13.8 Å². The Labute approximate surface area is 170 Å². The van der Waals surface area contributed by atoms with E-state index in [1.165, 1.54) is 28.4 Å². The van der Waals surface area contributed by atoms with E-state index in [0.717, 1.165) is 6.42 Å². The number of nitrogens with zero attached hydrogens (tertiary/aromatic N) is 1. The molecule has 1 atom stereocenters. The molecule has 27 heavy (non-hydrogen) atoms. The van der Waals surface area contributed by atoms with Crippen molar-refractivity contribution in [2.75, 3.05) is 26.6 Å². The van der Waals surface area contributed by atoms with Crippen LogP contribution in [-0.4, -0.2) is 49.0 Å². The largest absolute Gasteiger partial charge is 0.348 e. The maximum atomic E-state index is 13.8. The normalized spacial score (nSPS) is 19.3. The number of thioether (sulfide) groups is 2. The predicted molar refractivity (Wildman–Crippen MR) is 114 cm³/mol. The highest BCUT2D eigenvalue weighted by atomic mass is 32.2. The Balaban J connectivity index is 2.88. The van der Waals surface area contributed by atoms with Crippen molar-refractivity contribution in [2.24, 2.45) is 5.92 Å². The highest BCUT2D eigenvalue weighted by Crippen LogP contribution is 2.45. The second-order valence-electron chi connectivity index (χ2n) is 7.31. The minimum atomic E-state index is -1.34. The van der Waals surface area contributed by atoms with E-state index in [4.69, 9.17) is 0 Å². The molecule has 0 heterocycles. The molecule has 1 amide bonds. The van der Waals surface area contributed by atoms with E-state index in [9.17, 15) is 14.4 Å². The first-order valence-corrected chi connectivity index (χ1v) is 11.4. The Morgan fingerprint density at radius 3 is 2.22 bits per heavy atom. The molecule has 1 aromatic rings. The van der Waals surface area contributed by atoms with Crippen molar-refractivity contribution in [2.45, 2.75) is 32.1 Å². The first-order chi connectivity index (χ1) is 12.7. The Bertz CT molecular complexity index is 792. The fraction of sp³-hybridized carbons (Fsp3) is 0.476. The number of hydrogen-bond acceptors (Lipinski definition) is 5. The molecule has 2 rings (SSSR count). The van der Waals surface area contributed by atoms with Crippen molar-refractivity contribution < 1.29 is 14.4 Å². The van der Waals surface area contributed by atoms with E-state index < -0.39 is 5.41 Å². The SMILES string of the molecule is CSC(SC)=C1C(=O)c2ccccc2C(CCC(C)C)(C(=O)N(C)C)C1=O. The zero-order chi connectivity index (χ0) is 20.4. The fourth-order valence-corrected chi connectivity index (χ4v) is 5.00. The summed E-state index contributed by atoms with van der Waals surface area (Å²) in [5.41, 5.74) is -0.173. The third kappa shape index (κ3) is 3.74. The van der Waals surface area contributed by atoms with Crippen LogP contribution in [0.25, 0.3) is 0 Å². The Morgan fingerprint density at radius 1 is 1.11 bits per heavy atom. The van der Waals surface area contributed by atoms with Gasteiger partial charge in [-0.25, -0.2) is 0 Å². The monoisotopic (exact) mass is 405 g/mol. The molecule has 0 saturated heterocycles. The van der Waals surface area contributed by atoms with Gasteiger partial charge in [-0.15, -0.1) is 23.5 Å². The van der Waals surface area contributed by atoms with Crippen LogP contribution in [0.15, 0.2) is 34.1 Å². The summed E-state index contributed by atoms with van der Waals surface area (Å²) in [6.45, 7) is 4.15. The fourth-order valence-electron chi connectivity index (χ4n) is 3.55. The number of likely N-dealkylation sites (N-methyl/N-ethyl adjacent to an activating group) is 1. The summed E-state index contributed by atoms with van der Waals surface area (Å²) < 4.78 is 0.667. The highest BCUT2D eigenvalue weighted by molar-refractivity contribution is 8.21. The van der Waals surface area contributed by atoms with Crippen LogP contribution in [0.4, 0.5) is 0 Å². The van der Waals surface area contributed by atoms with Crippen molar-refractivity contribution in [1.29, 1.82) is 0 Å². The third-order valence-electron chi connectivity index (χ3n) is 4.92. The van der Waals surface area contributed by atoms with Crippen molar-refractivity contribution in [1.82, 2.24) is 4.90 Å². The number of ketones is 2. The number of rotatable bonds is 6. The van der Waals surface area contributed by atoms with Crippen LogP contribution in [-0.2, 0) is 15.0 Å². The standard InChI is InChI=1S/C21H27NO3S2/c1-13(2)11-12-21(20(25)22(3)4)15-10-8-7-9-14(15)17(23)16(18(21)24)19(26-5)27-6/h7-10,13H,11-12H2,1-6H3. The molecule has 0 radical (unpaired) electrons. The van der Waals surface area contributed by atoms with Gasteiger partial charge in [0.1, 0.15) is 5.41 Å². The number of fused-ring (bicyclic) bond motifs is 1. The first-order valence-electron chi connectivity index (χ1n) is 8.95. The molecule has 0 fully saturated rings. The molecule has 0 bridgehead atoms. The van der Waals surface area contributed by atoms with E-state index in [0.29, 0.717) is 27.7 Å². The maximum Gasteiger partial charge on any atom is 0.240 e. The first kappa shape index (κ1) is 21.8. The van der Waals surface area contributed by atoms with Crippen LogP contribution in [0.3, 0.4) is 0 Å². The highest BCUT2D eigenvalue weighted by Gasteiger charge is 2.55. The number of carbonyl (C=O) groups excluding carboxylic acids is 3. The maximum absolute atomic E-state index is 13.8. The van der Waals surface area contributed by atoms with Gasteiger partial charge in [0.15, 0.2) is 11.6 Å². The lowest BCUT2D eigenvalue weighted by atomic mass is 9.63. The molecule has 6 heteroatoms. The second kappa shape index (κ2) is 8.65. The zero-order valence-corrected chi connectivity index (χ0v) is 18.4. The lowest BCUT2D eigenvalue weighted by Crippen LogP contribution is -2.54. The van der Waals surface area contributed by atoms with Crippen LogP contribution >= 0.6 is 23.5 Å². The summed E-state index contributed by atoms with van der Waals surface area (Å²) in [4.78, 5) is 41.8. The van der Waals surface area contributed by atoms with Gasteiger partial charge in [0.25, 0.3) is 0 Å². The summed E-state index contributed by atoms with van der Waals surface area (Å²) in [5, 5.41) is 0. The molecule has 0 aromatic heterocycles. The average molecular weight is 406 g/mol. The van der Waals surface area contributed by atoms with E-state index in [1.54, 1.807) is 38.4 Å². The van der Waals surface area contributed by atoms with Crippen LogP contribution in [0, 0.1) is 5.92 Å². The number of Topliss-reactive ketones (excluding diaryl/α,β-unsaturated/α-hetero) is 2. The van der Waals surface area contributed by atoms with E-state index >= 15 is 0 Å². The van der Waals surface area contributed by atoms with Gasteiger partial charge in [0.2, 0.25) is 5.91 Å². The van der Waals surface area contributed by atoms with E-state index in [1.807, 2.05) is 12.5 Å². The molecular formula is C21H27NO3S2. The van der Waals surface area contributed by atoms with Crippen molar-refractivity contribution in [3.63, 3.8) is 0 Å². The average Bonchev–Trinajstić information content (AvgIpc) is 2.64. The Morgan fingerprint density at radius 2 is 1.70 bits per heavy atom. The van der Waals surface area contributed by atoms with Crippen molar-refractivity contribution in [3.8, 4) is 0 Å². The minimum Gasteiger partial charge on any atom is -0.348 e. The molecule has 0 N–H and O–H groups in total. The molecule has 1 aliphatic rings. The van der Waals surface area contributed by atoms with Crippen molar-refractivity contribution in [3.05, 3.63) is 45.2 Å². The van der Waals surface area contributed by atoms with E-state index in [-0.39, 0.29) is 23.0 Å². The quantitative estimate of drug-likeness (QED) is 0.404. The second-order valence-corrected chi connectivity index (χ2v) is 9.20. The lowest BCUT2D eigenvalue weighted by molar-refractivity contribution is -0.141. The molecular weight excluding hydrogens is 378 g/mol. The van der Waals surface area contributed by atoms with Crippen LogP contribution < -0.4 is 0 Å². The smallest absolute Gasteiger partial charge is 0.240 e. The lowest BCUT2D eigenvalue weighted by Gasteiger charge is -2.39. The van der Waals surface area contributed by atoms with Crippen molar-refractivity contribution >= 4 is 41.0 Å². The number of amides is 1. The van der Waals surface area contributed by atoms with Gasteiger partial charge >= 0.3 is 0 Å². The van der Waals surface area contributed by atoms with Gasteiger partial charge in [-0.3, -0.25) is 14.4 Å². The molecule has 0 saturated carbocycles. The number of hydrogen-bond donors (Lipinski definition) is 0. The molecule has 1 aliphatic carbocycles. The zero-order valence-electron chi connectivity index (χ0n) is 16.8. The molecule has 1 unspecified atom stereocenters. The molecule has 0 spiro atoms. The molecule has 4 nitrogen and oxygen atoms in total. The number of benzene rings is 1. The van der Waals surface area contributed by atoms with Gasteiger partial charge in [-0.05, 0) is 36.8 Å². The van der Waals surface area contributed by atoms with Gasteiger partial charge in [-0.1, -0.05) is 38.1 Å². The number of allylic oxidation sites excluding steroid dienone is 1. The van der Waals surface area contributed by atoms with Crippen LogP contribution in [0.1, 0.15) is 42.6 Å². The third-order valence-corrected chi connectivity index (χ3v) is 7.07. The summed E-state index contributed by atoms with van der Waals surface area (Å²) >= 11 is 2.76. The summed E-state index contributed by atoms with van der Waals surface area (Å²) in [5.74, 6) is -0.556. The topological polar surface area (TPSA) is 54.5 Å². The minimum absolute atomic E-state index is 0.160. The predicted octanol–water partition coefficient (Wildman–Crippen LogP) is 4.15. The number of carbonyl (C=O) groups is 3. The molecule has 1 aromatic carbocycles. The van der Waals surface area contributed by atoms with Crippen LogP contribution in [0.5, 0.6) is 0 Å². The summed E-state index contributed by atoms with van der Waals surface area (Å²) in [6, 6.07) is 7.08. The van der Waals surface area contributed by atoms with Gasteiger partial charge in [0, 0.05) is 19.7 Å². The molecule has 0 aliphatic heterocycles.